The second kappa shape index (κ2) is 8.78. The maximum atomic E-state index is 12.7. The van der Waals surface area contributed by atoms with E-state index in [2.05, 4.69) is 25.1 Å². The van der Waals surface area contributed by atoms with Gasteiger partial charge in [0.1, 0.15) is 5.75 Å². The molecule has 0 unspecified atom stereocenters. The number of rotatable bonds is 8. The van der Waals surface area contributed by atoms with Crippen molar-refractivity contribution in [2.45, 2.75) is 32.5 Å². The Balaban J connectivity index is 2.03. The van der Waals surface area contributed by atoms with E-state index in [1.54, 1.807) is 19.9 Å². The molecule has 1 aliphatic rings. The summed E-state index contributed by atoms with van der Waals surface area (Å²) in [5, 5.41) is 5.95. The van der Waals surface area contributed by atoms with Crippen molar-refractivity contribution >= 4 is 16.0 Å². The number of nitrogens with zero attached hydrogens (tertiary/aromatic N) is 1. The van der Waals surface area contributed by atoms with Crippen LogP contribution in [0.25, 0.3) is 0 Å². The van der Waals surface area contributed by atoms with Crippen LogP contribution < -0.4 is 29.6 Å². The predicted octanol–water partition coefficient (Wildman–Crippen LogP) is 1.01. The van der Waals surface area contributed by atoms with E-state index < -0.39 is 22.2 Å². The molecule has 1 aromatic rings. The van der Waals surface area contributed by atoms with Crippen LogP contribution in [0.15, 0.2) is 17.1 Å². The number of hydrogen-bond acceptors (Lipinski definition) is 6. The van der Waals surface area contributed by atoms with Gasteiger partial charge in [-0.2, -0.15) is 8.78 Å². The summed E-state index contributed by atoms with van der Waals surface area (Å²) in [6, 6.07) is 2.90. The Kier molecular flexibility index (Phi) is 6.88. The molecule has 0 radical (unpaired) electrons. The van der Waals surface area contributed by atoms with Gasteiger partial charge in [-0.15, -0.1) is 0 Å². The zero-order valence-corrected chi connectivity index (χ0v) is 16.8. The average molecular weight is 422 g/mol. The molecule has 1 aliphatic heterocycles. The van der Waals surface area contributed by atoms with E-state index in [0.717, 1.165) is 6.26 Å². The van der Waals surface area contributed by atoms with E-state index in [9.17, 15) is 17.2 Å². The number of halogens is 2. The third-order valence-corrected chi connectivity index (χ3v) is 4.52. The van der Waals surface area contributed by atoms with Crippen molar-refractivity contribution in [2.75, 3.05) is 26.6 Å². The first kappa shape index (κ1) is 22.0. The van der Waals surface area contributed by atoms with Gasteiger partial charge in [0.25, 0.3) is 0 Å². The SMILES string of the molecule is CN=C(NCc1cc2c(cc1OC(F)F)OCO2)NCC(C)(C)NS(C)(=O)=O. The van der Waals surface area contributed by atoms with E-state index in [1.165, 1.54) is 13.1 Å². The second-order valence-corrected chi connectivity index (χ2v) is 8.48. The van der Waals surface area contributed by atoms with Crippen LogP contribution in [0.5, 0.6) is 17.2 Å². The van der Waals surface area contributed by atoms with Crippen LogP contribution in [-0.2, 0) is 16.6 Å². The Morgan fingerprint density at radius 2 is 1.93 bits per heavy atom. The summed E-state index contributed by atoms with van der Waals surface area (Å²) in [6.45, 7) is 0.784. The Morgan fingerprint density at radius 1 is 1.29 bits per heavy atom. The molecule has 9 nitrogen and oxygen atoms in total. The molecule has 0 atom stereocenters. The number of nitrogens with one attached hydrogen (secondary N) is 3. The lowest BCUT2D eigenvalue weighted by Crippen LogP contribution is -2.52. The maximum absolute atomic E-state index is 12.7. The van der Waals surface area contributed by atoms with Crippen LogP contribution in [0.2, 0.25) is 0 Å². The summed E-state index contributed by atoms with van der Waals surface area (Å²) in [6.07, 6.45) is 1.08. The van der Waals surface area contributed by atoms with E-state index in [1.807, 2.05) is 0 Å². The molecule has 0 fully saturated rings. The molecule has 0 aliphatic carbocycles. The predicted molar refractivity (Wildman–Crippen MR) is 99.5 cm³/mol. The molecule has 1 heterocycles. The van der Waals surface area contributed by atoms with Gasteiger partial charge in [-0.25, -0.2) is 13.1 Å². The lowest BCUT2D eigenvalue weighted by Gasteiger charge is -2.26. The summed E-state index contributed by atoms with van der Waals surface area (Å²) in [5.74, 6) is 1.07. The standard InChI is InChI=1S/C16H24F2N4O5S/c1-16(2,22-28(4,23)24)8-21-15(19-3)20-7-10-5-12-13(26-9-25-12)6-11(10)27-14(17)18/h5-6,14,22H,7-9H2,1-4H3,(H2,19,20,21). The third-order valence-electron chi connectivity index (χ3n) is 3.60. The third kappa shape index (κ3) is 6.68. The number of alkyl halides is 2. The largest absolute Gasteiger partial charge is 0.454 e. The lowest BCUT2D eigenvalue weighted by molar-refractivity contribution is -0.0505. The molecule has 0 amide bonds. The van der Waals surface area contributed by atoms with E-state index in [0.29, 0.717) is 23.0 Å². The van der Waals surface area contributed by atoms with E-state index in [-0.39, 0.29) is 25.6 Å². The van der Waals surface area contributed by atoms with Gasteiger partial charge >= 0.3 is 6.61 Å². The van der Waals surface area contributed by atoms with Gasteiger partial charge in [-0.05, 0) is 19.9 Å². The first-order valence-electron chi connectivity index (χ1n) is 8.30. The van der Waals surface area contributed by atoms with Gasteiger partial charge < -0.3 is 24.8 Å². The number of benzene rings is 1. The fourth-order valence-electron chi connectivity index (χ4n) is 2.55. The van der Waals surface area contributed by atoms with Crippen molar-refractivity contribution in [1.29, 1.82) is 0 Å². The Labute approximate surface area is 162 Å². The van der Waals surface area contributed by atoms with Gasteiger partial charge in [0, 0.05) is 37.3 Å². The quantitative estimate of drug-likeness (QED) is 0.424. The molecular weight excluding hydrogens is 398 g/mol. The van der Waals surface area contributed by atoms with Gasteiger partial charge in [0.05, 0.1) is 6.26 Å². The van der Waals surface area contributed by atoms with Crippen LogP contribution in [0.1, 0.15) is 19.4 Å². The fourth-order valence-corrected chi connectivity index (χ4v) is 3.63. The van der Waals surface area contributed by atoms with Crippen molar-refractivity contribution < 1.29 is 31.4 Å². The van der Waals surface area contributed by atoms with E-state index >= 15 is 0 Å². The number of fused-ring (bicyclic) bond motifs is 1. The zero-order chi connectivity index (χ0) is 20.9. The molecule has 158 valence electrons. The van der Waals surface area contributed by atoms with Crippen molar-refractivity contribution in [2.24, 2.45) is 4.99 Å². The summed E-state index contributed by atoms with van der Waals surface area (Å²) < 4.78 is 65.7. The highest BCUT2D eigenvalue weighted by Gasteiger charge is 2.23. The van der Waals surface area contributed by atoms with Gasteiger partial charge in [-0.1, -0.05) is 0 Å². The van der Waals surface area contributed by atoms with Crippen molar-refractivity contribution in [3.05, 3.63) is 17.7 Å². The highest BCUT2D eigenvalue weighted by molar-refractivity contribution is 7.88. The molecular formula is C16H24F2N4O5S. The molecule has 0 bridgehead atoms. The minimum absolute atomic E-state index is 0.00593. The number of ether oxygens (including phenoxy) is 3. The van der Waals surface area contributed by atoms with Crippen molar-refractivity contribution in [3.63, 3.8) is 0 Å². The number of sulfonamides is 1. The minimum Gasteiger partial charge on any atom is -0.454 e. The summed E-state index contributed by atoms with van der Waals surface area (Å²) in [4.78, 5) is 4.04. The average Bonchev–Trinajstić information content (AvgIpc) is 2.99. The molecule has 3 N–H and O–H groups in total. The van der Waals surface area contributed by atoms with Crippen LogP contribution in [0.3, 0.4) is 0 Å². The van der Waals surface area contributed by atoms with Crippen LogP contribution >= 0.6 is 0 Å². The van der Waals surface area contributed by atoms with Gasteiger partial charge in [0.15, 0.2) is 17.5 Å². The Hall–Kier alpha value is -2.34. The lowest BCUT2D eigenvalue weighted by atomic mass is 10.1. The van der Waals surface area contributed by atoms with Gasteiger partial charge in [-0.3, -0.25) is 4.99 Å². The molecule has 12 heteroatoms. The molecule has 0 saturated carbocycles. The second-order valence-electron chi connectivity index (χ2n) is 6.73. The maximum Gasteiger partial charge on any atom is 0.387 e. The first-order valence-corrected chi connectivity index (χ1v) is 10.2. The van der Waals surface area contributed by atoms with Crippen LogP contribution in [-0.4, -0.2) is 53.2 Å². The summed E-state index contributed by atoms with van der Waals surface area (Å²) >= 11 is 0. The van der Waals surface area contributed by atoms with Crippen molar-refractivity contribution in [3.8, 4) is 17.2 Å². The molecule has 0 aromatic heterocycles. The molecule has 0 spiro atoms. The van der Waals surface area contributed by atoms with Crippen LogP contribution in [0.4, 0.5) is 8.78 Å². The highest BCUT2D eigenvalue weighted by Crippen LogP contribution is 2.38. The van der Waals surface area contributed by atoms with Crippen molar-refractivity contribution in [1.82, 2.24) is 15.4 Å². The zero-order valence-electron chi connectivity index (χ0n) is 16.0. The number of hydrogen-bond donors (Lipinski definition) is 3. The first-order chi connectivity index (χ1) is 13.0. The number of guanidine groups is 1. The normalized spacial score (nSPS) is 14.3. The number of aliphatic imine (C=N–C) groups is 1. The smallest absolute Gasteiger partial charge is 0.387 e. The monoisotopic (exact) mass is 422 g/mol. The summed E-state index contributed by atoms with van der Waals surface area (Å²) in [7, 11) is -1.85. The minimum atomic E-state index is -3.38. The highest BCUT2D eigenvalue weighted by atomic mass is 32.2. The fraction of sp³-hybridized carbons (Fsp3) is 0.562. The van der Waals surface area contributed by atoms with Gasteiger partial charge in [0.2, 0.25) is 16.8 Å². The Morgan fingerprint density at radius 3 is 2.50 bits per heavy atom. The molecule has 2 rings (SSSR count). The van der Waals surface area contributed by atoms with Crippen LogP contribution in [0, 0.1) is 0 Å². The summed E-state index contributed by atoms with van der Waals surface area (Å²) in [5.41, 5.74) is -0.352. The molecule has 0 saturated heterocycles. The molecule has 28 heavy (non-hydrogen) atoms. The topological polar surface area (TPSA) is 110 Å². The van der Waals surface area contributed by atoms with E-state index in [4.69, 9.17) is 9.47 Å². The molecule has 1 aromatic carbocycles. The Bertz CT molecular complexity index is 831.